The molecule has 138 valence electrons. The van der Waals surface area contributed by atoms with Crippen LogP contribution in [0.3, 0.4) is 0 Å². The van der Waals surface area contributed by atoms with Gasteiger partial charge in [0.25, 0.3) is 0 Å². The molecule has 1 N–H and O–H groups in total. The fourth-order valence-corrected chi connectivity index (χ4v) is 2.49. The molecule has 8 heteroatoms. The van der Waals surface area contributed by atoms with Crippen LogP contribution in [0, 0.1) is 11.3 Å². The van der Waals surface area contributed by atoms with Crippen LogP contribution in [0.2, 0.25) is 0 Å². The molecule has 0 spiro atoms. The molecular weight excluding hydrogens is 357 g/mol. The number of nitrogens with one attached hydrogen (secondary N) is 1. The maximum atomic E-state index is 12.5. The number of hydrogen-bond donors (Lipinski definition) is 1. The van der Waals surface area contributed by atoms with Gasteiger partial charge in [-0.3, -0.25) is 0 Å². The van der Waals surface area contributed by atoms with Crippen LogP contribution in [-0.2, 0) is 25.6 Å². The average Bonchev–Trinajstić information content (AvgIpc) is 3.13. The van der Waals surface area contributed by atoms with Crippen molar-refractivity contribution in [3.8, 4) is 11.8 Å². The minimum atomic E-state index is -4.34. The third-order valence-electron chi connectivity index (χ3n) is 3.99. The summed E-state index contributed by atoms with van der Waals surface area (Å²) in [7, 11) is 0. The Morgan fingerprint density at radius 1 is 0.926 bits per heavy atom. The number of aryl methyl sites for hydroxylation is 2. The third-order valence-corrected chi connectivity index (χ3v) is 3.99. The van der Waals surface area contributed by atoms with Crippen molar-refractivity contribution in [2.24, 2.45) is 0 Å². The van der Waals surface area contributed by atoms with Gasteiger partial charge in [0.15, 0.2) is 5.69 Å². The third kappa shape index (κ3) is 4.85. The summed E-state index contributed by atoms with van der Waals surface area (Å²) in [6, 6.07) is 14.3. The van der Waals surface area contributed by atoms with Gasteiger partial charge in [-0.05, 0) is 48.2 Å². The van der Waals surface area contributed by atoms with Gasteiger partial charge >= 0.3 is 6.18 Å². The van der Waals surface area contributed by atoms with Crippen molar-refractivity contribution in [3.05, 3.63) is 76.6 Å². The molecule has 5 nitrogen and oxygen atoms in total. The summed E-state index contributed by atoms with van der Waals surface area (Å²) in [5.41, 5.74) is 1.94. The Kier molecular flexibility index (Phi) is 5.41. The monoisotopic (exact) mass is 372 g/mol. The number of nitriles is 1. The summed E-state index contributed by atoms with van der Waals surface area (Å²) >= 11 is 0. The summed E-state index contributed by atoms with van der Waals surface area (Å²) in [4.78, 5) is 0. The van der Waals surface area contributed by atoms with Crippen LogP contribution < -0.4 is 4.74 Å². The second-order valence-electron chi connectivity index (χ2n) is 5.86. The van der Waals surface area contributed by atoms with Gasteiger partial charge in [-0.15, -0.1) is 5.10 Å². The molecule has 0 saturated heterocycles. The molecule has 0 saturated carbocycles. The average molecular weight is 372 g/mol. The van der Waals surface area contributed by atoms with Gasteiger partial charge in [0.05, 0.1) is 5.56 Å². The van der Waals surface area contributed by atoms with Crippen molar-refractivity contribution in [1.82, 2.24) is 15.4 Å². The zero-order chi connectivity index (χ0) is 19.3. The standard InChI is InChI=1S/C19H15F3N4O/c20-19(21,22)15-6-1-14(2-7-15)12-27-16-8-3-13(4-9-16)5-10-17-18(11-23)25-26-24-17/h1-4,6-9H,5,10,12H2,(H,24,25,26). The smallest absolute Gasteiger partial charge is 0.416 e. The van der Waals surface area contributed by atoms with E-state index in [4.69, 9.17) is 10.00 Å². The van der Waals surface area contributed by atoms with Gasteiger partial charge in [-0.1, -0.05) is 24.3 Å². The van der Waals surface area contributed by atoms with E-state index in [0.29, 0.717) is 35.5 Å². The summed E-state index contributed by atoms with van der Waals surface area (Å²) < 4.78 is 43.2. The Bertz CT molecular complexity index is 925. The maximum absolute atomic E-state index is 12.5. The Labute approximate surface area is 153 Å². The number of nitrogens with zero attached hydrogens (tertiary/aromatic N) is 3. The topological polar surface area (TPSA) is 74.6 Å². The molecule has 0 amide bonds. The molecule has 0 bridgehead atoms. The molecule has 1 heterocycles. The SMILES string of the molecule is N#Cc1n[nH]nc1CCc1ccc(OCc2ccc(C(F)(F)F)cc2)cc1. The van der Waals surface area contributed by atoms with E-state index >= 15 is 0 Å². The lowest BCUT2D eigenvalue weighted by Crippen LogP contribution is -2.05. The van der Waals surface area contributed by atoms with E-state index in [1.165, 1.54) is 12.1 Å². The highest BCUT2D eigenvalue weighted by molar-refractivity contribution is 5.30. The van der Waals surface area contributed by atoms with Crippen molar-refractivity contribution in [1.29, 1.82) is 5.26 Å². The molecule has 0 aliphatic heterocycles. The molecule has 0 radical (unpaired) electrons. The predicted octanol–water partition coefficient (Wildman–Crippen LogP) is 4.06. The fraction of sp³-hybridized carbons (Fsp3) is 0.211. The van der Waals surface area contributed by atoms with E-state index in [9.17, 15) is 13.2 Å². The number of rotatable bonds is 6. The Morgan fingerprint density at radius 3 is 2.22 bits per heavy atom. The van der Waals surface area contributed by atoms with Crippen LogP contribution >= 0.6 is 0 Å². The summed E-state index contributed by atoms with van der Waals surface area (Å²) in [6.45, 7) is 0.182. The zero-order valence-electron chi connectivity index (χ0n) is 14.1. The largest absolute Gasteiger partial charge is 0.489 e. The first kappa shape index (κ1) is 18.5. The van der Waals surface area contributed by atoms with E-state index in [2.05, 4.69) is 15.4 Å². The van der Waals surface area contributed by atoms with Crippen molar-refractivity contribution in [3.63, 3.8) is 0 Å². The van der Waals surface area contributed by atoms with Crippen molar-refractivity contribution < 1.29 is 17.9 Å². The van der Waals surface area contributed by atoms with Crippen LogP contribution in [0.4, 0.5) is 13.2 Å². The molecule has 1 aromatic heterocycles. The lowest BCUT2D eigenvalue weighted by atomic mass is 10.1. The Morgan fingerprint density at radius 2 is 1.59 bits per heavy atom. The Hall–Kier alpha value is -3.34. The van der Waals surface area contributed by atoms with Crippen LogP contribution in [-0.4, -0.2) is 15.4 Å². The van der Waals surface area contributed by atoms with Gasteiger partial charge in [-0.2, -0.15) is 28.7 Å². The first-order chi connectivity index (χ1) is 13.0. The van der Waals surface area contributed by atoms with Crippen LogP contribution in [0.1, 0.15) is 28.1 Å². The van der Waals surface area contributed by atoms with E-state index < -0.39 is 11.7 Å². The number of ether oxygens (including phenoxy) is 1. The van der Waals surface area contributed by atoms with Gasteiger partial charge in [0.2, 0.25) is 0 Å². The normalized spacial score (nSPS) is 11.2. The lowest BCUT2D eigenvalue weighted by Gasteiger charge is -2.09. The Balaban J connectivity index is 1.52. The molecule has 0 atom stereocenters. The van der Waals surface area contributed by atoms with Crippen molar-refractivity contribution in [2.45, 2.75) is 25.6 Å². The van der Waals surface area contributed by atoms with Crippen molar-refractivity contribution in [2.75, 3.05) is 0 Å². The molecule has 2 aromatic carbocycles. The lowest BCUT2D eigenvalue weighted by molar-refractivity contribution is -0.137. The van der Waals surface area contributed by atoms with E-state index in [1.807, 2.05) is 18.2 Å². The molecular formula is C19H15F3N4O. The van der Waals surface area contributed by atoms with E-state index in [-0.39, 0.29) is 6.61 Å². The molecule has 0 aliphatic rings. The van der Waals surface area contributed by atoms with E-state index in [0.717, 1.165) is 17.7 Å². The summed E-state index contributed by atoms with van der Waals surface area (Å²) in [6.07, 6.45) is -3.05. The number of H-pyrrole nitrogens is 1. The second kappa shape index (κ2) is 7.91. The number of benzene rings is 2. The van der Waals surface area contributed by atoms with Crippen molar-refractivity contribution >= 4 is 0 Å². The summed E-state index contributed by atoms with van der Waals surface area (Å²) in [5.74, 6) is 0.623. The van der Waals surface area contributed by atoms with Crippen LogP contribution in [0.15, 0.2) is 48.5 Å². The number of alkyl halides is 3. The number of aromatic amines is 1. The van der Waals surface area contributed by atoms with E-state index in [1.54, 1.807) is 12.1 Å². The predicted molar refractivity (Wildman–Crippen MR) is 90.7 cm³/mol. The maximum Gasteiger partial charge on any atom is 0.416 e. The number of aromatic nitrogens is 3. The molecule has 3 aromatic rings. The highest BCUT2D eigenvalue weighted by atomic mass is 19.4. The van der Waals surface area contributed by atoms with Crippen LogP contribution in [0.5, 0.6) is 5.75 Å². The first-order valence-corrected chi connectivity index (χ1v) is 8.13. The van der Waals surface area contributed by atoms with Gasteiger partial charge in [0, 0.05) is 0 Å². The molecule has 0 fully saturated rings. The molecule has 3 rings (SSSR count). The van der Waals surface area contributed by atoms with Gasteiger partial charge in [-0.25, -0.2) is 0 Å². The van der Waals surface area contributed by atoms with Crippen LogP contribution in [0.25, 0.3) is 0 Å². The van der Waals surface area contributed by atoms with Gasteiger partial charge in [0.1, 0.15) is 24.1 Å². The first-order valence-electron chi connectivity index (χ1n) is 8.13. The fourth-order valence-electron chi connectivity index (χ4n) is 2.49. The minimum Gasteiger partial charge on any atom is -0.489 e. The molecule has 27 heavy (non-hydrogen) atoms. The molecule has 0 unspecified atom stereocenters. The highest BCUT2D eigenvalue weighted by Crippen LogP contribution is 2.29. The quantitative estimate of drug-likeness (QED) is 0.708. The number of halogens is 3. The highest BCUT2D eigenvalue weighted by Gasteiger charge is 2.29. The summed E-state index contributed by atoms with van der Waals surface area (Å²) in [5, 5.41) is 19.0. The molecule has 0 aliphatic carbocycles. The second-order valence-corrected chi connectivity index (χ2v) is 5.86. The number of hydrogen-bond acceptors (Lipinski definition) is 4. The zero-order valence-corrected chi connectivity index (χ0v) is 14.1. The van der Waals surface area contributed by atoms with Gasteiger partial charge < -0.3 is 4.74 Å². The minimum absolute atomic E-state index is 0.182.